The van der Waals surface area contributed by atoms with Crippen molar-refractivity contribution in [1.82, 2.24) is 29.5 Å². The summed E-state index contributed by atoms with van der Waals surface area (Å²) in [5, 5.41) is 7.83. The van der Waals surface area contributed by atoms with E-state index in [0.717, 1.165) is 40.3 Å². The highest BCUT2D eigenvalue weighted by Gasteiger charge is 2.11. The smallest absolute Gasteiger partial charge is 0.247 e. The number of pyridine rings is 1. The van der Waals surface area contributed by atoms with E-state index in [4.69, 9.17) is 0 Å². The fourth-order valence-electron chi connectivity index (χ4n) is 3.47. The minimum Gasteiger partial charge on any atom is -0.341 e. The first-order valence-corrected chi connectivity index (χ1v) is 9.57. The van der Waals surface area contributed by atoms with Crippen LogP contribution in [0.15, 0.2) is 60.7 Å². The standard InChI is InChI=1S/C22H20FN7/c1-29(2)13-20-25-17-10-9-16(12-18(17)26-20)24-22-27-21-8-4-7-19(30(21)28-22)14-5-3-6-15(23)11-14/h3-12H,13H2,1-2H3,(H,24,28)(H,25,26). The molecular weight excluding hydrogens is 381 g/mol. The zero-order valence-electron chi connectivity index (χ0n) is 16.6. The third-order valence-electron chi connectivity index (χ3n) is 4.73. The average molecular weight is 401 g/mol. The van der Waals surface area contributed by atoms with E-state index < -0.39 is 0 Å². The number of aromatic amines is 1. The summed E-state index contributed by atoms with van der Waals surface area (Å²) < 4.78 is 15.4. The number of H-pyrrole nitrogens is 1. The van der Waals surface area contributed by atoms with Gasteiger partial charge in [-0.05, 0) is 56.6 Å². The third kappa shape index (κ3) is 3.48. The van der Waals surface area contributed by atoms with Crippen LogP contribution in [0.5, 0.6) is 0 Å². The van der Waals surface area contributed by atoms with Crippen molar-refractivity contribution in [3.8, 4) is 11.3 Å². The summed E-state index contributed by atoms with van der Waals surface area (Å²) in [4.78, 5) is 14.6. The lowest BCUT2D eigenvalue weighted by atomic mass is 10.1. The maximum Gasteiger partial charge on any atom is 0.247 e. The number of nitrogens with one attached hydrogen (secondary N) is 2. The van der Waals surface area contributed by atoms with Crippen LogP contribution in [0.3, 0.4) is 0 Å². The number of imidazole rings is 1. The summed E-state index contributed by atoms with van der Waals surface area (Å²) in [5.74, 6) is 1.09. The second-order valence-corrected chi connectivity index (χ2v) is 7.40. The second-order valence-electron chi connectivity index (χ2n) is 7.40. The molecule has 5 aromatic rings. The summed E-state index contributed by atoms with van der Waals surface area (Å²) in [6.07, 6.45) is 0. The van der Waals surface area contributed by atoms with E-state index in [9.17, 15) is 4.39 Å². The molecule has 0 spiro atoms. The SMILES string of the molecule is CN(C)Cc1nc2ccc(Nc3nc4cccc(-c5cccc(F)c5)n4n3)cc2[nH]1. The molecule has 0 fully saturated rings. The summed E-state index contributed by atoms with van der Waals surface area (Å²) in [6, 6.07) is 18.0. The Balaban J connectivity index is 1.47. The minimum absolute atomic E-state index is 0.288. The Morgan fingerprint density at radius 3 is 2.73 bits per heavy atom. The van der Waals surface area contributed by atoms with Crippen molar-refractivity contribution < 1.29 is 4.39 Å². The topological polar surface area (TPSA) is 74.1 Å². The van der Waals surface area contributed by atoms with E-state index in [2.05, 4.69) is 30.3 Å². The van der Waals surface area contributed by atoms with Gasteiger partial charge in [0.15, 0.2) is 5.65 Å². The molecule has 0 aliphatic rings. The zero-order chi connectivity index (χ0) is 20.7. The minimum atomic E-state index is -0.288. The van der Waals surface area contributed by atoms with Crippen LogP contribution in [0.4, 0.5) is 16.0 Å². The highest BCUT2D eigenvalue weighted by atomic mass is 19.1. The molecule has 5 rings (SSSR count). The molecule has 0 aliphatic heterocycles. The number of rotatable bonds is 5. The Hall–Kier alpha value is -3.78. The Morgan fingerprint density at radius 1 is 1.03 bits per heavy atom. The Bertz CT molecular complexity index is 1350. The maximum atomic E-state index is 13.7. The van der Waals surface area contributed by atoms with Crippen LogP contribution in [-0.2, 0) is 6.54 Å². The first kappa shape index (κ1) is 18.3. The number of anilines is 2. The normalized spacial score (nSPS) is 11.6. The lowest BCUT2D eigenvalue weighted by Gasteiger charge is -2.05. The molecule has 3 heterocycles. The van der Waals surface area contributed by atoms with Crippen molar-refractivity contribution in [2.45, 2.75) is 6.54 Å². The summed E-state index contributed by atoms with van der Waals surface area (Å²) in [6.45, 7) is 0.744. The lowest BCUT2D eigenvalue weighted by Crippen LogP contribution is -2.11. The third-order valence-corrected chi connectivity index (χ3v) is 4.73. The van der Waals surface area contributed by atoms with Crippen molar-refractivity contribution in [2.75, 3.05) is 19.4 Å². The van der Waals surface area contributed by atoms with Crippen molar-refractivity contribution in [2.24, 2.45) is 0 Å². The number of nitrogens with zero attached hydrogens (tertiary/aromatic N) is 5. The van der Waals surface area contributed by atoms with Crippen LogP contribution in [0.2, 0.25) is 0 Å². The summed E-state index contributed by atoms with van der Waals surface area (Å²) >= 11 is 0. The maximum absolute atomic E-state index is 13.7. The summed E-state index contributed by atoms with van der Waals surface area (Å²) in [5.41, 5.74) is 4.89. The molecule has 0 bridgehead atoms. The average Bonchev–Trinajstić information content (AvgIpc) is 3.29. The number of hydrogen-bond acceptors (Lipinski definition) is 5. The number of hydrogen-bond donors (Lipinski definition) is 2. The predicted octanol–water partition coefficient (Wildman–Crippen LogP) is 4.22. The molecule has 0 amide bonds. The van der Waals surface area contributed by atoms with E-state index in [1.165, 1.54) is 12.1 Å². The van der Waals surface area contributed by atoms with Gasteiger partial charge < -0.3 is 15.2 Å². The first-order chi connectivity index (χ1) is 14.5. The second kappa shape index (κ2) is 7.23. The molecule has 150 valence electrons. The van der Waals surface area contributed by atoms with Crippen molar-refractivity contribution in [3.05, 3.63) is 72.3 Å². The van der Waals surface area contributed by atoms with Crippen molar-refractivity contribution >= 4 is 28.3 Å². The van der Waals surface area contributed by atoms with E-state index >= 15 is 0 Å². The van der Waals surface area contributed by atoms with Gasteiger partial charge in [-0.2, -0.15) is 4.98 Å². The van der Waals surface area contributed by atoms with Crippen LogP contribution in [-0.4, -0.2) is 43.6 Å². The molecule has 7 nitrogen and oxygen atoms in total. The predicted molar refractivity (Wildman–Crippen MR) is 115 cm³/mol. The largest absolute Gasteiger partial charge is 0.341 e. The van der Waals surface area contributed by atoms with Crippen molar-refractivity contribution in [1.29, 1.82) is 0 Å². The van der Waals surface area contributed by atoms with E-state index in [0.29, 0.717) is 11.6 Å². The highest BCUT2D eigenvalue weighted by molar-refractivity contribution is 5.80. The fourth-order valence-corrected chi connectivity index (χ4v) is 3.47. The molecule has 0 atom stereocenters. The van der Waals surface area contributed by atoms with Crippen LogP contribution in [0.25, 0.3) is 27.9 Å². The molecule has 30 heavy (non-hydrogen) atoms. The number of halogens is 1. The molecule has 0 unspecified atom stereocenters. The van der Waals surface area contributed by atoms with E-state index in [1.807, 2.05) is 56.6 Å². The molecular formula is C22H20FN7. The first-order valence-electron chi connectivity index (χ1n) is 9.57. The molecule has 0 saturated carbocycles. The molecule has 8 heteroatoms. The van der Waals surface area contributed by atoms with Crippen LogP contribution in [0.1, 0.15) is 5.82 Å². The molecule has 0 radical (unpaired) electrons. The van der Waals surface area contributed by atoms with Gasteiger partial charge in [0.1, 0.15) is 11.6 Å². The van der Waals surface area contributed by atoms with E-state index in [-0.39, 0.29) is 5.82 Å². The zero-order valence-corrected chi connectivity index (χ0v) is 16.6. The van der Waals surface area contributed by atoms with E-state index in [1.54, 1.807) is 10.6 Å². The molecule has 2 N–H and O–H groups in total. The van der Waals surface area contributed by atoms with Gasteiger partial charge in [0, 0.05) is 11.3 Å². The van der Waals surface area contributed by atoms with Crippen LogP contribution >= 0.6 is 0 Å². The van der Waals surface area contributed by atoms with Crippen molar-refractivity contribution in [3.63, 3.8) is 0 Å². The van der Waals surface area contributed by atoms with Crippen LogP contribution in [0, 0.1) is 5.82 Å². The van der Waals surface area contributed by atoms with Gasteiger partial charge in [0.05, 0.1) is 23.3 Å². The number of aromatic nitrogens is 5. The Labute approximate surface area is 172 Å². The Morgan fingerprint density at radius 2 is 1.90 bits per heavy atom. The lowest BCUT2D eigenvalue weighted by molar-refractivity contribution is 0.392. The van der Waals surface area contributed by atoms with Gasteiger partial charge >= 0.3 is 0 Å². The van der Waals surface area contributed by atoms with Gasteiger partial charge in [0.2, 0.25) is 5.95 Å². The van der Waals surface area contributed by atoms with Gasteiger partial charge in [-0.15, -0.1) is 5.10 Å². The molecule has 0 aliphatic carbocycles. The quantitative estimate of drug-likeness (QED) is 0.461. The number of benzene rings is 2. The number of fused-ring (bicyclic) bond motifs is 2. The molecule has 2 aromatic carbocycles. The monoisotopic (exact) mass is 401 g/mol. The van der Waals surface area contributed by atoms with Gasteiger partial charge in [-0.3, -0.25) is 0 Å². The van der Waals surface area contributed by atoms with Gasteiger partial charge in [-0.1, -0.05) is 18.2 Å². The van der Waals surface area contributed by atoms with Gasteiger partial charge in [-0.25, -0.2) is 13.9 Å². The fraction of sp³-hybridized carbons (Fsp3) is 0.136. The van der Waals surface area contributed by atoms with Crippen LogP contribution < -0.4 is 5.32 Å². The highest BCUT2D eigenvalue weighted by Crippen LogP contribution is 2.24. The van der Waals surface area contributed by atoms with Gasteiger partial charge in [0.25, 0.3) is 0 Å². The summed E-state index contributed by atoms with van der Waals surface area (Å²) in [7, 11) is 4.01. The molecule has 0 saturated heterocycles. The molecule has 3 aromatic heterocycles. The Kier molecular flexibility index (Phi) is 4.40.